The van der Waals surface area contributed by atoms with Crippen LogP contribution in [0.4, 0.5) is 11.4 Å². The molecule has 1 atom stereocenters. The fourth-order valence-corrected chi connectivity index (χ4v) is 2.51. The second-order valence-electron chi connectivity index (χ2n) is 5.69. The molecule has 3 rings (SSSR count). The summed E-state index contributed by atoms with van der Waals surface area (Å²) >= 11 is 0. The van der Waals surface area contributed by atoms with Crippen LogP contribution in [0, 0.1) is 6.92 Å². The minimum Gasteiger partial charge on any atom is -0.368 e. The van der Waals surface area contributed by atoms with Crippen LogP contribution in [-0.4, -0.2) is 29.5 Å². The van der Waals surface area contributed by atoms with Gasteiger partial charge in [-0.3, -0.25) is 9.59 Å². The van der Waals surface area contributed by atoms with Gasteiger partial charge in [-0.2, -0.15) is 0 Å². The number of nitrogens with zero attached hydrogens (tertiary/aromatic N) is 1. The second-order valence-corrected chi connectivity index (χ2v) is 5.69. The molecular weight excluding hydrogens is 306 g/mol. The highest BCUT2D eigenvalue weighted by atomic mass is 16.5. The van der Waals surface area contributed by atoms with E-state index in [2.05, 4.69) is 15.6 Å². The highest BCUT2D eigenvalue weighted by molar-refractivity contribution is 6.03. The first-order chi connectivity index (χ1) is 11.6. The molecule has 6 nitrogen and oxygen atoms in total. The molecule has 1 aliphatic rings. The van der Waals surface area contributed by atoms with E-state index < -0.39 is 0 Å². The maximum atomic E-state index is 12.1. The maximum absolute atomic E-state index is 12.1. The van der Waals surface area contributed by atoms with Gasteiger partial charge in [-0.05, 0) is 56.2 Å². The Bertz CT molecular complexity index is 737. The Morgan fingerprint density at radius 1 is 1.08 bits per heavy atom. The molecule has 1 saturated heterocycles. The van der Waals surface area contributed by atoms with Crippen LogP contribution in [0.2, 0.25) is 0 Å². The van der Waals surface area contributed by atoms with Crippen molar-refractivity contribution >= 4 is 23.2 Å². The van der Waals surface area contributed by atoms with Gasteiger partial charge in [0.05, 0.1) is 0 Å². The third-order valence-corrected chi connectivity index (χ3v) is 3.75. The van der Waals surface area contributed by atoms with Crippen LogP contribution in [0.5, 0.6) is 0 Å². The number of pyridine rings is 1. The zero-order chi connectivity index (χ0) is 16.9. The summed E-state index contributed by atoms with van der Waals surface area (Å²) in [5.41, 5.74) is 2.46. The molecule has 2 heterocycles. The number of carbonyl (C=O) groups excluding carboxylic acids is 2. The van der Waals surface area contributed by atoms with E-state index in [1.54, 1.807) is 36.4 Å². The van der Waals surface area contributed by atoms with E-state index in [1.807, 2.05) is 13.0 Å². The van der Waals surface area contributed by atoms with Gasteiger partial charge < -0.3 is 15.4 Å². The van der Waals surface area contributed by atoms with Crippen LogP contribution >= 0.6 is 0 Å². The van der Waals surface area contributed by atoms with E-state index in [1.165, 1.54) is 0 Å². The van der Waals surface area contributed by atoms with Crippen molar-refractivity contribution < 1.29 is 14.3 Å². The number of amides is 2. The Kier molecular flexibility index (Phi) is 4.86. The molecule has 1 aromatic carbocycles. The molecule has 6 heteroatoms. The first kappa shape index (κ1) is 16.1. The van der Waals surface area contributed by atoms with Crippen molar-refractivity contribution in [1.29, 1.82) is 0 Å². The molecule has 0 saturated carbocycles. The molecule has 0 aliphatic carbocycles. The largest absolute Gasteiger partial charge is 0.368 e. The van der Waals surface area contributed by atoms with Gasteiger partial charge in [-0.1, -0.05) is 6.07 Å². The van der Waals surface area contributed by atoms with E-state index in [-0.39, 0.29) is 17.9 Å². The van der Waals surface area contributed by atoms with Crippen molar-refractivity contribution in [3.05, 3.63) is 53.9 Å². The Morgan fingerprint density at radius 3 is 2.42 bits per heavy atom. The molecule has 24 heavy (non-hydrogen) atoms. The maximum Gasteiger partial charge on any atom is 0.274 e. The highest BCUT2D eigenvalue weighted by Crippen LogP contribution is 2.17. The number of aromatic nitrogens is 1. The number of aryl methyl sites for hydroxylation is 1. The average molecular weight is 325 g/mol. The van der Waals surface area contributed by atoms with Gasteiger partial charge in [0, 0.05) is 23.7 Å². The van der Waals surface area contributed by atoms with Crippen molar-refractivity contribution in [2.45, 2.75) is 25.9 Å². The Labute approximate surface area is 140 Å². The van der Waals surface area contributed by atoms with Crippen LogP contribution in [0.15, 0.2) is 42.5 Å². The van der Waals surface area contributed by atoms with E-state index >= 15 is 0 Å². The number of ether oxygens (including phenoxy) is 1. The predicted molar refractivity (Wildman–Crippen MR) is 91.0 cm³/mol. The predicted octanol–water partition coefficient (Wildman–Crippen LogP) is 2.76. The summed E-state index contributed by atoms with van der Waals surface area (Å²) in [5, 5.41) is 5.60. The van der Waals surface area contributed by atoms with Gasteiger partial charge in [-0.15, -0.1) is 0 Å². The van der Waals surface area contributed by atoms with E-state index in [4.69, 9.17) is 4.74 Å². The molecule has 2 aromatic rings. The molecule has 124 valence electrons. The lowest BCUT2D eigenvalue weighted by molar-refractivity contribution is -0.124. The number of benzene rings is 1. The van der Waals surface area contributed by atoms with Gasteiger partial charge >= 0.3 is 0 Å². The van der Waals surface area contributed by atoms with Gasteiger partial charge in [0.2, 0.25) is 0 Å². The summed E-state index contributed by atoms with van der Waals surface area (Å²) in [5.74, 6) is -0.400. The van der Waals surface area contributed by atoms with Crippen molar-refractivity contribution in [3.63, 3.8) is 0 Å². The topological polar surface area (TPSA) is 80.3 Å². The molecule has 0 unspecified atom stereocenters. The van der Waals surface area contributed by atoms with E-state index in [9.17, 15) is 9.59 Å². The molecular formula is C18H19N3O3. The number of hydrogen-bond acceptors (Lipinski definition) is 4. The molecule has 1 aliphatic heterocycles. The molecule has 0 spiro atoms. The van der Waals surface area contributed by atoms with Gasteiger partial charge in [0.25, 0.3) is 11.8 Å². The van der Waals surface area contributed by atoms with Crippen LogP contribution in [0.1, 0.15) is 29.0 Å². The van der Waals surface area contributed by atoms with E-state index in [0.29, 0.717) is 23.7 Å². The van der Waals surface area contributed by atoms with Crippen molar-refractivity contribution in [2.75, 3.05) is 17.2 Å². The fourth-order valence-electron chi connectivity index (χ4n) is 2.51. The summed E-state index contributed by atoms with van der Waals surface area (Å²) < 4.78 is 5.35. The number of anilines is 2. The van der Waals surface area contributed by atoms with Crippen molar-refractivity contribution in [1.82, 2.24) is 4.98 Å². The van der Waals surface area contributed by atoms with Gasteiger partial charge in [0.15, 0.2) is 0 Å². The standard InChI is InChI=1S/C18H19N3O3/c1-12-4-2-5-15(19-12)17(22)20-13-7-9-14(10-8-13)21-18(23)16-6-3-11-24-16/h2,4-5,7-10,16H,3,6,11H2,1H3,(H,20,22)(H,21,23)/t16-/m1/s1. The number of carbonyl (C=O) groups is 2. The third kappa shape index (κ3) is 3.97. The quantitative estimate of drug-likeness (QED) is 0.906. The van der Waals surface area contributed by atoms with Crippen molar-refractivity contribution in [2.24, 2.45) is 0 Å². The second kappa shape index (κ2) is 7.23. The minimum absolute atomic E-state index is 0.131. The number of nitrogens with one attached hydrogen (secondary N) is 2. The van der Waals surface area contributed by atoms with Crippen LogP contribution in [0.3, 0.4) is 0 Å². The summed E-state index contributed by atoms with van der Waals surface area (Å²) in [7, 11) is 0. The lowest BCUT2D eigenvalue weighted by atomic mass is 10.2. The summed E-state index contributed by atoms with van der Waals surface area (Å²) in [6.45, 7) is 2.47. The number of rotatable bonds is 4. The number of hydrogen-bond donors (Lipinski definition) is 2. The Balaban J connectivity index is 1.60. The lowest BCUT2D eigenvalue weighted by Crippen LogP contribution is -2.26. The summed E-state index contributed by atoms with van der Waals surface area (Å²) in [6, 6.07) is 12.2. The molecule has 0 bridgehead atoms. The third-order valence-electron chi connectivity index (χ3n) is 3.75. The van der Waals surface area contributed by atoms with Crippen molar-refractivity contribution in [3.8, 4) is 0 Å². The van der Waals surface area contributed by atoms with Crippen LogP contribution in [0.25, 0.3) is 0 Å². The first-order valence-corrected chi connectivity index (χ1v) is 7.89. The fraction of sp³-hybridized carbons (Fsp3) is 0.278. The SMILES string of the molecule is Cc1cccc(C(=O)Nc2ccc(NC(=O)[C@H]3CCCO3)cc2)n1. The Morgan fingerprint density at radius 2 is 1.79 bits per heavy atom. The molecule has 0 radical (unpaired) electrons. The van der Waals surface area contributed by atoms with Crippen LogP contribution in [-0.2, 0) is 9.53 Å². The minimum atomic E-state index is -0.364. The zero-order valence-corrected chi connectivity index (χ0v) is 13.4. The van der Waals surface area contributed by atoms with Crippen LogP contribution < -0.4 is 10.6 Å². The Hall–Kier alpha value is -2.73. The average Bonchev–Trinajstić information content (AvgIpc) is 3.11. The monoisotopic (exact) mass is 325 g/mol. The molecule has 1 aromatic heterocycles. The normalized spacial score (nSPS) is 16.6. The van der Waals surface area contributed by atoms with E-state index in [0.717, 1.165) is 18.5 Å². The highest BCUT2D eigenvalue weighted by Gasteiger charge is 2.23. The van der Waals surface area contributed by atoms with Gasteiger partial charge in [0.1, 0.15) is 11.8 Å². The summed E-state index contributed by atoms with van der Waals surface area (Å²) in [6.07, 6.45) is 1.30. The molecule has 2 amide bonds. The smallest absolute Gasteiger partial charge is 0.274 e. The van der Waals surface area contributed by atoms with Gasteiger partial charge in [-0.25, -0.2) is 4.98 Å². The first-order valence-electron chi connectivity index (χ1n) is 7.89. The summed E-state index contributed by atoms with van der Waals surface area (Å²) in [4.78, 5) is 28.3. The zero-order valence-electron chi connectivity index (χ0n) is 13.4. The lowest BCUT2D eigenvalue weighted by Gasteiger charge is -2.11. The molecule has 1 fully saturated rings. The molecule has 2 N–H and O–H groups in total.